The van der Waals surface area contributed by atoms with E-state index in [9.17, 15) is 0 Å². The molecular formula is C33H24N4. The number of hydrogen-bond donors (Lipinski definition) is 0. The molecule has 0 saturated carbocycles. The maximum absolute atomic E-state index is 5.06. The highest BCUT2D eigenvalue weighted by Crippen LogP contribution is 2.33. The van der Waals surface area contributed by atoms with E-state index in [1.54, 1.807) is 12.4 Å². The second-order valence-electron chi connectivity index (χ2n) is 8.75. The molecule has 37 heavy (non-hydrogen) atoms. The minimum atomic E-state index is -0.155. The number of rotatable bonds is 6. The molecule has 176 valence electrons. The van der Waals surface area contributed by atoms with Crippen LogP contribution in [0.1, 0.15) is 22.9 Å². The molecule has 0 aliphatic heterocycles. The van der Waals surface area contributed by atoms with Crippen molar-refractivity contribution in [2.45, 2.75) is 5.92 Å². The lowest BCUT2D eigenvalue weighted by atomic mass is 9.89. The molecule has 4 aromatic heterocycles. The molecule has 0 aliphatic carbocycles. The van der Waals surface area contributed by atoms with E-state index in [1.807, 2.05) is 66.7 Å². The van der Waals surface area contributed by atoms with Crippen LogP contribution in [0.25, 0.3) is 33.9 Å². The van der Waals surface area contributed by atoms with Crippen molar-refractivity contribution in [3.63, 3.8) is 0 Å². The maximum atomic E-state index is 5.06. The average molecular weight is 477 g/mol. The SMILES string of the molecule is c1ccc(-c2ccc(C(c3cccc(-c4ccccn4)n3)c3cccc(-c4ccccn4)n3)cc2)cc1. The molecule has 0 radical (unpaired) electrons. The van der Waals surface area contributed by atoms with Gasteiger partial charge in [-0.05, 0) is 65.2 Å². The van der Waals surface area contributed by atoms with Gasteiger partial charge in [0.1, 0.15) is 0 Å². The van der Waals surface area contributed by atoms with Crippen molar-refractivity contribution >= 4 is 0 Å². The van der Waals surface area contributed by atoms with Crippen molar-refractivity contribution in [2.75, 3.05) is 0 Å². The predicted molar refractivity (Wildman–Crippen MR) is 148 cm³/mol. The van der Waals surface area contributed by atoms with E-state index in [-0.39, 0.29) is 5.92 Å². The first kappa shape index (κ1) is 22.5. The van der Waals surface area contributed by atoms with Crippen LogP contribution >= 0.6 is 0 Å². The van der Waals surface area contributed by atoms with Crippen LogP contribution in [-0.4, -0.2) is 19.9 Å². The van der Waals surface area contributed by atoms with E-state index in [2.05, 4.69) is 70.6 Å². The molecule has 0 amide bonds. The number of benzene rings is 2. The van der Waals surface area contributed by atoms with Gasteiger partial charge in [-0.2, -0.15) is 0 Å². The maximum Gasteiger partial charge on any atom is 0.0889 e. The van der Waals surface area contributed by atoms with Crippen LogP contribution < -0.4 is 0 Å². The standard InChI is InChI=1S/C33H24N4/c1-2-10-24(11-3-1)25-18-20-26(21-19-25)33(31-16-8-14-29(36-31)27-12-4-6-22-34-27)32-17-9-15-30(37-32)28-13-5-7-23-35-28/h1-23,33H. The highest BCUT2D eigenvalue weighted by atomic mass is 14.8. The summed E-state index contributed by atoms with van der Waals surface area (Å²) in [6, 6.07) is 43.1. The molecule has 0 atom stereocenters. The highest BCUT2D eigenvalue weighted by Gasteiger charge is 2.21. The summed E-state index contributed by atoms with van der Waals surface area (Å²) >= 11 is 0. The molecule has 4 nitrogen and oxygen atoms in total. The van der Waals surface area contributed by atoms with Gasteiger partial charge in [-0.1, -0.05) is 78.9 Å². The van der Waals surface area contributed by atoms with Crippen molar-refractivity contribution in [3.8, 4) is 33.9 Å². The zero-order chi connectivity index (χ0) is 24.9. The summed E-state index contributed by atoms with van der Waals surface area (Å²) in [5.41, 5.74) is 8.69. The summed E-state index contributed by atoms with van der Waals surface area (Å²) in [5, 5.41) is 0. The van der Waals surface area contributed by atoms with Gasteiger partial charge in [-0.25, -0.2) is 0 Å². The topological polar surface area (TPSA) is 51.6 Å². The zero-order valence-corrected chi connectivity index (χ0v) is 20.1. The Bertz CT molecular complexity index is 1520. The van der Waals surface area contributed by atoms with Crippen LogP contribution in [0.2, 0.25) is 0 Å². The third-order valence-electron chi connectivity index (χ3n) is 6.34. The Labute approximate surface area is 216 Å². The number of hydrogen-bond acceptors (Lipinski definition) is 4. The molecule has 6 aromatic rings. The second kappa shape index (κ2) is 10.3. The Kier molecular flexibility index (Phi) is 6.29. The third kappa shape index (κ3) is 4.91. The van der Waals surface area contributed by atoms with Crippen LogP contribution in [-0.2, 0) is 0 Å². The Morgan fingerprint density at radius 1 is 0.378 bits per heavy atom. The van der Waals surface area contributed by atoms with Gasteiger partial charge in [-0.15, -0.1) is 0 Å². The van der Waals surface area contributed by atoms with Crippen LogP contribution in [0.4, 0.5) is 0 Å². The second-order valence-corrected chi connectivity index (χ2v) is 8.75. The first-order valence-corrected chi connectivity index (χ1v) is 12.3. The molecule has 0 N–H and O–H groups in total. The van der Waals surface area contributed by atoms with E-state index in [0.29, 0.717) is 0 Å². The van der Waals surface area contributed by atoms with E-state index >= 15 is 0 Å². The first-order chi connectivity index (χ1) is 18.3. The van der Waals surface area contributed by atoms with Gasteiger partial charge in [0.25, 0.3) is 0 Å². The van der Waals surface area contributed by atoms with Crippen LogP contribution in [0.3, 0.4) is 0 Å². The Balaban J connectivity index is 1.46. The number of pyridine rings is 4. The monoisotopic (exact) mass is 476 g/mol. The van der Waals surface area contributed by atoms with E-state index in [4.69, 9.17) is 9.97 Å². The molecule has 0 aliphatic rings. The van der Waals surface area contributed by atoms with Gasteiger partial charge in [0.2, 0.25) is 0 Å². The molecule has 0 saturated heterocycles. The fourth-order valence-corrected chi connectivity index (χ4v) is 4.53. The summed E-state index contributed by atoms with van der Waals surface area (Å²) in [5.74, 6) is -0.155. The third-order valence-corrected chi connectivity index (χ3v) is 6.34. The van der Waals surface area contributed by atoms with Crippen molar-refractivity contribution in [3.05, 3.63) is 157 Å². The summed E-state index contributed by atoms with van der Waals surface area (Å²) < 4.78 is 0. The summed E-state index contributed by atoms with van der Waals surface area (Å²) in [6.07, 6.45) is 3.59. The van der Waals surface area contributed by atoms with Gasteiger partial charge >= 0.3 is 0 Å². The Hall–Kier alpha value is -4.96. The largest absolute Gasteiger partial charge is 0.255 e. The van der Waals surface area contributed by atoms with E-state index < -0.39 is 0 Å². The number of nitrogens with zero attached hydrogens (tertiary/aromatic N) is 4. The van der Waals surface area contributed by atoms with E-state index in [0.717, 1.165) is 39.7 Å². The molecule has 0 fully saturated rings. The van der Waals surface area contributed by atoms with Gasteiger partial charge in [0.15, 0.2) is 0 Å². The fraction of sp³-hybridized carbons (Fsp3) is 0.0303. The van der Waals surface area contributed by atoms with Gasteiger partial charge < -0.3 is 0 Å². The van der Waals surface area contributed by atoms with E-state index in [1.165, 1.54) is 11.1 Å². The van der Waals surface area contributed by atoms with Crippen LogP contribution in [0.5, 0.6) is 0 Å². The predicted octanol–water partition coefficient (Wildman–Crippen LogP) is 7.45. The normalized spacial score (nSPS) is 10.9. The van der Waals surface area contributed by atoms with Crippen molar-refractivity contribution in [2.24, 2.45) is 0 Å². The average Bonchev–Trinajstić information content (AvgIpc) is 2.99. The van der Waals surface area contributed by atoms with Crippen LogP contribution in [0, 0.1) is 0 Å². The lowest BCUT2D eigenvalue weighted by Crippen LogP contribution is -2.09. The highest BCUT2D eigenvalue weighted by molar-refractivity contribution is 5.64. The fourth-order valence-electron chi connectivity index (χ4n) is 4.53. The molecule has 0 spiro atoms. The molecular weight excluding hydrogens is 452 g/mol. The molecule has 4 heteroatoms. The summed E-state index contributed by atoms with van der Waals surface area (Å²) in [7, 11) is 0. The molecule has 2 aromatic carbocycles. The zero-order valence-electron chi connectivity index (χ0n) is 20.1. The van der Waals surface area contributed by atoms with Crippen molar-refractivity contribution in [1.29, 1.82) is 0 Å². The van der Waals surface area contributed by atoms with Gasteiger partial charge in [0.05, 0.1) is 40.1 Å². The lowest BCUT2D eigenvalue weighted by molar-refractivity contribution is 0.877. The first-order valence-electron chi connectivity index (χ1n) is 12.3. The van der Waals surface area contributed by atoms with Gasteiger partial charge in [0, 0.05) is 12.4 Å². The minimum absolute atomic E-state index is 0.155. The Morgan fingerprint density at radius 3 is 1.38 bits per heavy atom. The minimum Gasteiger partial charge on any atom is -0.255 e. The lowest BCUT2D eigenvalue weighted by Gasteiger charge is -2.19. The molecule has 0 unspecified atom stereocenters. The molecule has 6 rings (SSSR count). The smallest absolute Gasteiger partial charge is 0.0889 e. The summed E-state index contributed by atoms with van der Waals surface area (Å²) in [6.45, 7) is 0. The summed E-state index contributed by atoms with van der Waals surface area (Å²) in [4.78, 5) is 19.1. The Morgan fingerprint density at radius 2 is 0.865 bits per heavy atom. The van der Waals surface area contributed by atoms with Crippen molar-refractivity contribution in [1.82, 2.24) is 19.9 Å². The quantitative estimate of drug-likeness (QED) is 0.251. The molecule has 0 bridgehead atoms. The molecule has 4 heterocycles. The van der Waals surface area contributed by atoms with Crippen LogP contribution in [0.15, 0.2) is 140 Å². The van der Waals surface area contributed by atoms with Crippen molar-refractivity contribution < 1.29 is 0 Å². The van der Waals surface area contributed by atoms with Gasteiger partial charge in [-0.3, -0.25) is 19.9 Å². The number of aromatic nitrogens is 4.